The average Bonchev–Trinajstić information content (AvgIpc) is 2.91. The number of nitrogens with zero attached hydrogens (tertiary/aromatic N) is 1. The van der Waals surface area contributed by atoms with Crippen LogP contribution in [-0.4, -0.2) is 32.4 Å². The molecular formula is C14H26N2O2S2. The predicted molar refractivity (Wildman–Crippen MR) is 85.6 cm³/mol. The van der Waals surface area contributed by atoms with Crippen LogP contribution in [0, 0.1) is 5.92 Å². The standard InChI is InChI=1S/C14H26N2O2S2/c1-5-12(4)10-16(7-3)20(17,18)14-8-13(11-19-14)9-15-6-2/h8,11-12,15H,5-7,9-10H2,1-4H3. The van der Waals surface area contributed by atoms with E-state index in [0.717, 1.165) is 25.1 Å². The second-order valence-electron chi connectivity index (χ2n) is 5.02. The van der Waals surface area contributed by atoms with E-state index in [9.17, 15) is 8.42 Å². The first kappa shape index (κ1) is 17.6. The Hall–Kier alpha value is -0.430. The molecule has 0 aliphatic carbocycles. The van der Waals surface area contributed by atoms with E-state index in [0.29, 0.717) is 23.2 Å². The Morgan fingerprint density at radius 1 is 1.35 bits per heavy atom. The largest absolute Gasteiger partial charge is 0.313 e. The van der Waals surface area contributed by atoms with Gasteiger partial charge < -0.3 is 5.32 Å². The fraction of sp³-hybridized carbons (Fsp3) is 0.714. The molecule has 1 rings (SSSR count). The smallest absolute Gasteiger partial charge is 0.252 e. The van der Waals surface area contributed by atoms with Crippen molar-refractivity contribution in [2.45, 2.75) is 44.9 Å². The molecule has 116 valence electrons. The minimum Gasteiger partial charge on any atom is -0.313 e. The number of rotatable bonds is 9. The van der Waals surface area contributed by atoms with Gasteiger partial charge in [0.05, 0.1) is 0 Å². The SMILES string of the molecule is CCNCc1csc(S(=O)(=O)N(CC)CC(C)CC)c1. The monoisotopic (exact) mass is 318 g/mol. The second-order valence-corrected chi connectivity index (χ2v) is 8.10. The van der Waals surface area contributed by atoms with Crippen LogP contribution < -0.4 is 5.32 Å². The van der Waals surface area contributed by atoms with Crippen molar-refractivity contribution in [3.05, 3.63) is 17.0 Å². The molecule has 1 aromatic rings. The molecule has 0 aliphatic rings. The summed E-state index contributed by atoms with van der Waals surface area (Å²) < 4.78 is 27.3. The summed E-state index contributed by atoms with van der Waals surface area (Å²) >= 11 is 1.32. The quantitative estimate of drug-likeness (QED) is 0.761. The molecule has 0 saturated carbocycles. The van der Waals surface area contributed by atoms with Crippen LogP contribution in [0.15, 0.2) is 15.7 Å². The maximum absolute atomic E-state index is 12.6. The first-order valence-corrected chi connectivity index (χ1v) is 9.55. The molecule has 1 atom stereocenters. The van der Waals surface area contributed by atoms with Gasteiger partial charge in [-0.05, 0) is 29.5 Å². The molecule has 0 spiro atoms. The van der Waals surface area contributed by atoms with Crippen LogP contribution in [0.25, 0.3) is 0 Å². The van der Waals surface area contributed by atoms with E-state index in [1.54, 1.807) is 10.4 Å². The molecule has 0 fully saturated rings. The van der Waals surface area contributed by atoms with Crippen LogP contribution in [-0.2, 0) is 16.6 Å². The summed E-state index contributed by atoms with van der Waals surface area (Å²) in [5.41, 5.74) is 1.04. The van der Waals surface area contributed by atoms with Gasteiger partial charge in [0.2, 0.25) is 0 Å². The fourth-order valence-corrected chi connectivity index (χ4v) is 4.78. The Bertz CT molecular complexity index is 497. The van der Waals surface area contributed by atoms with Crippen molar-refractivity contribution in [3.63, 3.8) is 0 Å². The highest BCUT2D eigenvalue weighted by molar-refractivity contribution is 7.91. The minimum atomic E-state index is -3.34. The van der Waals surface area contributed by atoms with Crippen molar-refractivity contribution in [2.24, 2.45) is 5.92 Å². The Balaban J connectivity index is 2.87. The number of hydrogen-bond acceptors (Lipinski definition) is 4. The lowest BCUT2D eigenvalue weighted by Gasteiger charge is -2.22. The van der Waals surface area contributed by atoms with E-state index in [1.165, 1.54) is 11.3 Å². The summed E-state index contributed by atoms with van der Waals surface area (Å²) in [6.45, 7) is 10.8. The molecule has 4 nitrogen and oxygen atoms in total. The summed E-state index contributed by atoms with van der Waals surface area (Å²) in [5.74, 6) is 0.380. The lowest BCUT2D eigenvalue weighted by molar-refractivity contribution is 0.362. The first-order valence-electron chi connectivity index (χ1n) is 7.23. The van der Waals surface area contributed by atoms with Gasteiger partial charge in [0.25, 0.3) is 10.0 Å². The van der Waals surface area contributed by atoms with Crippen LogP contribution in [0.5, 0.6) is 0 Å². The van der Waals surface area contributed by atoms with Crippen LogP contribution >= 0.6 is 11.3 Å². The van der Waals surface area contributed by atoms with E-state index < -0.39 is 10.0 Å². The number of nitrogens with one attached hydrogen (secondary N) is 1. The van der Waals surface area contributed by atoms with Gasteiger partial charge in [0, 0.05) is 19.6 Å². The summed E-state index contributed by atoms with van der Waals surface area (Å²) in [6.07, 6.45) is 0.988. The topological polar surface area (TPSA) is 49.4 Å². The molecule has 0 radical (unpaired) electrons. The zero-order valence-electron chi connectivity index (χ0n) is 12.8. The van der Waals surface area contributed by atoms with Crippen molar-refractivity contribution in [1.29, 1.82) is 0 Å². The minimum absolute atomic E-state index is 0.380. The highest BCUT2D eigenvalue weighted by Crippen LogP contribution is 2.24. The molecular weight excluding hydrogens is 292 g/mol. The Labute approximate surface area is 127 Å². The lowest BCUT2D eigenvalue weighted by atomic mass is 10.1. The van der Waals surface area contributed by atoms with Crippen molar-refractivity contribution in [1.82, 2.24) is 9.62 Å². The molecule has 1 heterocycles. The average molecular weight is 319 g/mol. The normalized spacial score (nSPS) is 13.8. The van der Waals surface area contributed by atoms with Gasteiger partial charge in [-0.1, -0.05) is 34.1 Å². The molecule has 0 saturated heterocycles. The van der Waals surface area contributed by atoms with Gasteiger partial charge in [0.1, 0.15) is 4.21 Å². The van der Waals surface area contributed by atoms with Crippen LogP contribution in [0.4, 0.5) is 0 Å². The third-order valence-electron chi connectivity index (χ3n) is 3.37. The van der Waals surface area contributed by atoms with E-state index in [2.05, 4.69) is 19.2 Å². The summed E-state index contributed by atoms with van der Waals surface area (Å²) in [5, 5.41) is 5.14. The molecule has 0 amide bonds. The van der Waals surface area contributed by atoms with Gasteiger partial charge >= 0.3 is 0 Å². The summed E-state index contributed by atoms with van der Waals surface area (Å²) in [6, 6.07) is 1.79. The lowest BCUT2D eigenvalue weighted by Crippen LogP contribution is -2.34. The van der Waals surface area contributed by atoms with Gasteiger partial charge in [0.15, 0.2) is 0 Å². The van der Waals surface area contributed by atoms with Crippen molar-refractivity contribution < 1.29 is 8.42 Å². The Morgan fingerprint density at radius 3 is 2.60 bits per heavy atom. The zero-order valence-corrected chi connectivity index (χ0v) is 14.5. The zero-order chi connectivity index (χ0) is 15.2. The maximum Gasteiger partial charge on any atom is 0.252 e. The second kappa shape index (κ2) is 8.12. The molecule has 1 unspecified atom stereocenters. The Morgan fingerprint density at radius 2 is 2.05 bits per heavy atom. The van der Waals surface area contributed by atoms with Crippen LogP contribution in [0.1, 0.15) is 39.7 Å². The summed E-state index contributed by atoms with van der Waals surface area (Å²) in [7, 11) is -3.34. The number of hydrogen-bond donors (Lipinski definition) is 1. The van der Waals surface area contributed by atoms with Crippen molar-refractivity contribution >= 4 is 21.4 Å². The molecule has 0 aromatic carbocycles. The van der Waals surface area contributed by atoms with Gasteiger partial charge in [-0.25, -0.2) is 8.42 Å². The van der Waals surface area contributed by atoms with E-state index >= 15 is 0 Å². The van der Waals surface area contributed by atoms with Gasteiger partial charge in [-0.3, -0.25) is 0 Å². The van der Waals surface area contributed by atoms with Gasteiger partial charge in [-0.2, -0.15) is 4.31 Å². The van der Waals surface area contributed by atoms with Crippen molar-refractivity contribution in [2.75, 3.05) is 19.6 Å². The Kier molecular flexibility index (Phi) is 7.15. The third kappa shape index (κ3) is 4.55. The fourth-order valence-electron chi connectivity index (χ4n) is 1.85. The first-order chi connectivity index (χ1) is 9.45. The third-order valence-corrected chi connectivity index (χ3v) is 6.77. The number of thiophene rings is 1. The molecule has 0 aliphatic heterocycles. The molecule has 20 heavy (non-hydrogen) atoms. The number of sulfonamides is 1. The molecule has 0 bridgehead atoms. The molecule has 1 aromatic heterocycles. The van der Waals surface area contributed by atoms with E-state index in [1.807, 2.05) is 19.2 Å². The molecule has 1 N–H and O–H groups in total. The van der Waals surface area contributed by atoms with E-state index in [-0.39, 0.29) is 0 Å². The van der Waals surface area contributed by atoms with Crippen LogP contribution in [0.3, 0.4) is 0 Å². The van der Waals surface area contributed by atoms with Crippen LogP contribution in [0.2, 0.25) is 0 Å². The van der Waals surface area contributed by atoms with Gasteiger partial charge in [-0.15, -0.1) is 11.3 Å². The predicted octanol–water partition coefficient (Wildman–Crippen LogP) is 2.91. The highest BCUT2D eigenvalue weighted by atomic mass is 32.2. The molecule has 6 heteroatoms. The highest BCUT2D eigenvalue weighted by Gasteiger charge is 2.25. The maximum atomic E-state index is 12.6. The van der Waals surface area contributed by atoms with Crippen molar-refractivity contribution in [3.8, 4) is 0 Å². The van der Waals surface area contributed by atoms with E-state index in [4.69, 9.17) is 0 Å². The summed E-state index contributed by atoms with van der Waals surface area (Å²) in [4.78, 5) is 0.